The number of aromatic nitrogens is 2. The molecule has 10 heteroatoms. The fourth-order valence-electron chi connectivity index (χ4n) is 3.63. The number of methoxy groups -OCH3 is 1. The van der Waals surface area contributed by atoms with E-state index in [0.717, 1.165) is 10.8 Å². The Balaban J connectivity index is 1.73. The molecular weight excluding hydrogens is 479 g/mol. The monoisotopic (exact) mass is 495 g/mol. The SMILES string of the molecule is CO[C@H]1CCN(C(=O)c2ccc(-c3cccn4c(=O)c(Br)c(C(F)(F)F)nc34)cc2)C1. The number of hydrogen-bond donors (Lipinski definition) is 0. The number of nitrogens with zero attached hydrogens (tertiary/aromatic N) is 3. The van der Waals surface area contributed by atoms with Crippen LogP contribution in [0.4, 0.5) is 13.2 Å². The largest absolute Gasteiger partial charge is 0.434 e. The van der Waals surface area contributed by atoms with E-state index in [4.69, 9.17) is 4.74 Å². The van der Waals surface area contributed by atoms with E-state index in [1.807, 2.05) is 0 Å². The van der Waals surface area contributed by atoms with Crippen LogP contribution < -0.4 is 5.56 Å². The molecule has 1 fully saturated rings. The minimum Gasteiger partial charge on any atom is -0.380 e. The molecule has 0 saturated carbocycles. The van der Waals surface area contributed by atoms with Gasteiger partial charge in [-0.25, -0.2) is 4.98 Å². The van der Waals surface area contributed by atoms with Crippen LogP contribution in [-0.2, 0) is 10.9 Å². The number of amides is 1. The van der Waals surface area contributed by atoms with Crippen LogP contribution in [0.2, 0.25) is 0 Å². The summed E-state index contributed by atoms with van der Waals surface area (Å²) in [5, 5.41) is 0. The lowest BCUT2D eigenvalue weighted by molar-refractivity contribution is -0.141. The molecular formula is C21H17BrF3N3O3. The summed E-state index contributed by atoms with van der Waals surface area (Å²) in [7, 11) is 1.61. The van der Waals surface area contributed by atoms with Crippen LogP contribution in [0.15, 0.2) is 51.9 Å². The Hall–Kier alpha value is -2.72. The second-order valence-corrected chi connectivity index (χ2v) is 7.96. The zero-order chi connectivity index (χ0) is 22.3. The van der Waals surface area contributed by atoms with Gasteiger partial charge in [0.25, 0.3) is 11.5 Å². The molecule has 1 aliphatic rings. The molecule has 0 N–H and O–H groups in total. The highest BCUT2D eigenvalue weighted by atomic mass is 79.9. The van der Waals surface area contributed by atoms with E-state index >= 15 is 0 Å². The van der Waals surface area contributed by atoms with E-state index in [1.54, 1.807) is 48.4 Å². The van der Waals surface area contributed by atoms with Gasteiger partial charge in [-0.15, -0.1) is 0 Å². The standard InChI is InChI=1S/C21H17BrF3N3O3/c1-31-14-8-10-27(11-14)19(29)13-6-4-12(5-7-13)15-3-2-9-28-18(15)26-17(21(23,24)25)16(22)20(28)30/h2-7,9,14H,8,10-11H2,1H3/t14-/m0/s1. The van der Waals surface area contributed by atoms with Gasteiger partial charge in [-0.3, -0.25) is 14.0 Å². The summed E-state index contributed by atoms with van der Waals surface area (Å²) in [6, 6.07) is 9.63. The van der Waals surface area contributed by atoms with Crippen LogP contribution in [0.5, 0.6) is 0 Å². The fraction of sp³-hybridized carbons (Fsp3) is 0.286. The molecule has 1 amide bonds. The molecule has 0 unspecified atom stereocenters. The Labute approximate surface area is 183 Å². The van der Waals surface area contributed by atoms with Crippen LogP contribution in [0, 0.1) is 0 Å². The van der Waals surface area contributed by atoms with Crippen molar-refractivity contribution in [2.45, 2.75) is 18.7 Å². The number of benzene rings is 1. The topological polar surface area (TPSA) is 63.9 Å². The lowest BCUT2D eigenvalue weighted by Crippen LogP contribution is -2.29. The predicted octanol–water partition coefficient (Wildman–Crippen LogP) is 4.00. The predicted molar refractivity (Wildman–Crippen MR) is 111 cm³/mol. The van der Waals surface area contributed by atoms with E-state index in [9.17, 15) is 22.8 Å². The molecule has 2 aromatic heterocycles. The number of alkyl halides is 3. The summed E-state index contributed by atoms with van der Waals surface area (Å²) in [4.78, 5) is 30.6. The number of rotatable bonds is 3. The van der Waals surface area contributed by atoms with Crippen LogP contribution in [0.25, 0.3) is 16.8 Å². The van der Waals surface area contributed by atoms with Crippen LogP contribution >= 0.6 is 15.9 Å². The highest BCUT2D eigenvalue weighted by molar-refractivity contribution is 9.10. The maximum atomic E-state index is 13.3. The number of fused-ring (bicyclic) bond motifs is 1. The molecule has 0 spiro atoms. The normalized spacial score (nSPS) is 16.8. The second-order valence-electron chi connectivity index (χ2n) is 7.17. The van der Waals surface area contributed by atoms with Crippen molar-refractivity contribution in [2.24, 2.45) is 0 Å². The van der Waals surface area contributed by atoms with Crippen molar-refractivity contribution in [1.82, 2.24) is 14.3 Å². The van der Waals surface area contributed by atoms with Crippen molar-refractivity contribution in [3.8, 4) is 11.1 Å². The lowest BCUT2D eigenvalue weighted by Gasteiger charge is -2.16. The molecule has 0 radical (unpaired) electrons. The van der Waals surface area contributed by atoms with Gasteiger partial charge in [-0.1, -0.05) is 12.1 Å². The highest BCUT2D eigenvalue weighted by Crippen LogP contribution is 2.33. The average molecular weight is 496 g/mol. The number of carbonyl (C=O) groups excluding carboxylic acids is 1. The molecule has 3 aromatic rings. The molecule has 0 aliphatic carbocycles. The number of halogens is 4. The Kier molecular flexibility index (Phi) is 5.61. The van der Waals surface area contributed by atoms with Crippen molar-refractivity contribution in [3.05, 3.63) is 68.7 Å². The molecule has 3 heterocycles. The summed E-state index contributed by atoms with van der Waals surface area (Å²) < 4.78 is 45.7. The second kappa shape index (κ2) is 8.08. The van der Waals surface area contributed by atoms with Gasteiger partial charge in [0, 0.05) is 37.5 Å². The molecule has 6 nitrogen and oxygen atoms in total. The zero-order valence-electron chi connectivity index (χ0n) is 16.3. The Morgan fingerprint density at radius 3 is 2.55 bits per heavy atom. The first-order valence-electron chi connectivity index (χ1n) is 9.41. The van der Waals surface area contributed by atoms with E-state index in [-0.39, 0.29) is 17.7 Å². The van der Waals surface area contributed by atoms with Crippen molar-refractivity contribution < 1.29 is 22.7 Å². The number of likely N-dealkylation sites (tertiary alicyclic amines) is 1. The van der Waals surface area contributed by atoms with E-state index in [1.165, 1.54) is 6.20 Å². The van der Waals surface area contributed by atoms with Gasteiger partial charge in [-0.05, 0) is 52.2 Å². The van der Waals surface area contributed by atoms with Crippen molar-refractivity contribution in [3.63, 3.8) is 0 Å². The van der Waals surface area contributed by atoms with Gasteiger partial charge in [0.1, 0.15) is 10.1 Å². The molecule has 1 saturated heterocycles. The van der Waals surface area contributed by atoms with E-state index in [0.29, 0.717) is 29.8 Å². The molecule has 31 heavy (non-hydrogen) atoms. The first-order chi connectivity index (χ1) is 14.7. The summed E-state index contributed by atoms with van der Waals surface area (Å²) in [5.74, 6) is -0.137. The average Bonchev–Trinajstić information content (AvgIpc) is 3.24. The summed E-state index contributed by atoms with van der Waals surface area (Å²) in [6.45, 7) is 1.12. The smallest absolute Gasteiger partial charge is 0.380 e. The first kappa shape index (κ1) is 21.5. The maximum Gasteiger partial charge on any atom is 0.434 e. The zero-order valence-corrected chi connectivity index (χ0v) is 17.9. The van der Waals surface area contributed by atoms with Gasteiger partial charge in [0.15, 0.2) is 5.69 Å². The molecule has 0 bridgehead atoms. The fourth-order valence-corrected chi connectivity index (χ4v) is 4.14. The van der Waals surface area contributed by atoms with Crippen LogP contribution in [-0.4, -0.2) is 46.5 Å². The number of carbonyl (C=O) groups is 1. The van der Waals surface area contributed by atoms with Crippen molar-refractivity contribution in [2.75, 3.05) is 20.2 Å². The molecule has 162 valence electrons. The summed E-state index contributed by atoms with van der Waals surface area (Å²) in [6.07, 6.45) is -2.64. The molecule has 1 atom stereocenters. The number of ether oxygens (including phenoxy) is 1. The molecule has 1 aliphatic heterocycles. The summed E-state index contributed by atoms with van der Waals surface area (Å²) >= 11 is 2.72. The van der Waals surface area contributed by atoms with E-state index in [2.05, 4.69) is 20.9 Å². The van der Waals surface area contributed by atoms with Gasteiger partial charge in [0.2, 0.25) is 0 Å². The van der Waals surface area contributed by atoms with Gasteiger partial charge >= 0.3 is 6.18 Å². The van der Waals surface area contributed by atoms with Crippen molar-refractivity contribution in [1.29, 1.82) is 0 Å². The quantitative estimate of drug-likeness (QED) is 0.550. The third kappa shape index (κ3) is 3.97. The van der Waals surface area contributed by atoms with Crippen LogP contribution in [0.1, 0.15) is 22.5 Å². The minimum absolute atomic E-state index is 0.0189. The molecule has 1 aromatic carbocycles. The number of hydrogen-bond acceptors (Lipinski definition) is 4. The van der Waals surface area contributed by atoms with Gasteiger partial charge in [-0.2, -0.15) is 13.2 Å². The lowest BCUT2D eigenvalue weighted by atomic mass is 10.0. The third-order valence-corrected chi connectivity index (χ3v) is 5.99. The van der Waals surface area contributed by atoms with E-state index < -0.39 is 21.9 Å². The third-order valence-electron chi connectivity index (χ3n) is 5.28. The molecule has 4 rings (SSSR count). The number of pyridine rings is 1. The summed E-state index contributed by atoms with van der Waals surface area (Å²) in [5.41, 5.74) is -0.911. The Morgan fingerprint density at radius 2 is 1.94 bits per heavy atom. The van der Waals surface area contributed by atoms with Crippen molar-refractivity contribution >= 4 is 27.5 Å². The highest BCUT2D eigenvalue weighted by Gasteiger charge is 2.37. The maximum absolute atomic E-state index is 13.3. The Bertz CT molecular complexity index is 1210. The van der Waals surface area contributed by atoms with Crippen LogP contribution in [0.3, 0.4) is 0 Å². The minimum atomic E-state index is -4.79. The van der Waals surface area contributed by atoms with Gasteiger partial charge < -0.3 is 9.64 Å². The van der Waals surface area contributed by atoms with Gasteiger partial charge in [0.05, 0.1) is 6.10 Å². The Morgan fingerprint density at radius 1 is 1.23 bits per heavy atom. The first-order valence-corrected chi connectivity index (χ1v) is 10.2.